The Morgan fingerprint density at radius 3 is 2.42 bits per heavy atom. The summed E-state index contributed by atoms with van der Waals surface area (Å²) in [6.07, 6.45) is 3.30. The van der Waals surface area contributed by atoms with Gasteiger partial charge in [-0.1, -0.05) is 6.92 Å². The van der Waals surface area contributed by atoms with E-state index in [1.807, 2.05) is 4.90 Å². The molecule has 1 fully saturated rings. The van der Waals surface area contributed by atoms with Gasteiger partial charge in [0.05, 0.1) is 0 Å². The zero-order valence-electron chi connectivity index (χ0n) is 8.34. The maximum atomic E-state index is 11.7. The molecule has 12 heavy (non-hydrogen) atoms. The van der Waals surface area contributed by atoms with Crippen molar-refractivity contribution in [2.24, 2.45) is 5.92 Å². The van der Waals surface area contributed by atoms with E-state index in [0.29, 0.717) is 17.9 Å². The van der Waals surface area contributed by atoms with E-state index in [1.165, 1.54) is 0 Å². The molecule has 1 unspecified atom stereocenters. The normalized spacial score (nSPS) is 18.9. The van der Waals surface area contributed by atoms with E-state index in [4.69, 9.17) is 0 Å². The fourth-order valence-electron chi connectivity index (χ4n) is 1.47. The first kappa shape index (κ1) is 9.56. The average Bonchev–Trinajstić information content (AvgIpc) is 2.87. The predicted molar refractivity (Wildman–Crippen MR) is 49.9 cm³/mol. The Balaban J connectivity index is 2.47. The van der Waals surface area contributed by atoms with Gasteiger partial charge < -0.3 is 4.90 Å². The molecule has 0 aliphatic heterocycles. The number of nitrogens with zero attached hydrogens (tertiary/aromatic N) is 1. The molecule has 1 aliphatic rings. The lowest BCUT2D eigenvalue weighted by Crippen LogP contribution is -2.39. The predicted octanol–water partition coefficient (Wildman–Crippen LogP) is 2.04. The van der Waals surface area contributed by atoms with Crippen molar-refractivity contribution in [2.45, 2.75) is 46.1 Å². The van der Waals surface area contributed by atoms with Gasteiger partial charge >= 0.3 is 0 Å². The van der Waals surface area contributed by atoms with E-state index in [0.717, 1.165) is 25.8 Å². The van der Waals surface area contributed by atoms with Crippen molar-refractivity contribution in [2.75, 3.05) is 6.54 Å². The van der Waals surface area contributed by atoms with Crippen LogP contribution in [0, 0.1) is 5.92 Å². The quantitative estimate of drug-likeness (QED) is 0.630. The number of rotatable bonds is 4. The van der Waals surface area contributed by atoms with Crippen molar-refractivity contribution < 1.29 is 4.79 Å². The lowest BCUT2D eigenvalue weighted by molar-refractivity contribution is -0.134. The summed E-state index contributed by atoms with van der Waals surface area (Å²) in [6, 6.07) is 0.420. The number of carbonyl (C=O) groups is 1. The van der Waals surface area contributed by atoms with E-state index in [-0.39, 0.29) is 0 Å². The summed E-state index contributed by atoms with van der Waals surface area (Å²) in [5, 5.41) is 0. The first-order chi connectivity index (χ1) is 5.70. The number of amides is 1. The molecule has 0 radical (unpaired) electrons. The zero-order chi connectivity index (χ0) is 9.14. The largest absolute Gasteiger partial charge is 0.340 e. The van der Waals surface area contributed by atoms with E-state index >= 15 is 0 Å². The van der Waals surface area contributed by atoms with Crippen molar-refractivity contribution in [3.05, 3.63) is 0 Å². The van der Waals surface area contributed by atoms with E-state index in [1.54, 1.807) is 0 Å². The Morgan fingerprint density at radius 2 is 2.08 bits per heavy atom. The van der Waals surface area contributed by atoms with Crippen LogP contribution in [0.4, 0.5) is 0 Å². The summed E-state index contributed by atoms with van der Waals surface area (Å²) in [5.74, 6) is 0.755. The van der Waals surface area contributed by atoms with Crippen molar-refractivity contribution in [1.82, 2.24) is 4.90 Å². The van der Waals surface area contributed by atoms with Gasteiger partial charge in [0.2, 0.25) is 5.91 Å². The van der Waals surface area contributed by atoms with Crippen molar-refractivity contribution in [1.29, 1.82) is 0 Å². The van der Waals surface area contributed by atoms with Crippen molar-refractivity contribution >= 4 is 5.91 Å². The van der Waals surface area contributed by atoms with Gasteiger partial charge in [0.1, 0.15) is 0 Å². The van der Waals surface area contributed by atoms with Crippen molar-refractivity contribution in [3.63, 3.8) is 0 Å². The van der Waals surface area contributed by atoms with E-state index < -0.39 is 0 Å². The van der Waals surface area contributed by atoms with Gasteiger partial charge in [-0.15, -0.1) is 0 Å². The van der Waals surface area contributed by atoms with Crippen LogP contribution < -0.4 is 0 Å². The zero-order valence-corrected chi connectivity index (χ0v) is 8.34. The molecule has 2 nitrogen and oxygen atoms in total. The standard InChI is InChI=1S/C10H19NO/c1-4-8(3)11(5-2)10(12)9-6-7-9/h8-9H,4-7H2,1-3H3. The highest BCUT2D eigenvalue weighted by atomic mass is 16.2. The second kappa shape index (κ2) is 3.92. The highest BCUT2D eigenvalue weighted by Crippen LogP contribution is 2.31. The molecule has 1 atom stereocenters. The van der Waals surface area contributed by atoms with Gasteiger partial charge in [-0.3, -0.25) is 4.79 Å². The lowest BCUT2D eigenvalue weighted by atomic mass is 10.2. The van der Waals surface area contributed by atoms with Gasteiger partial charge in [-0.05, 0) is 33.1 Å². The molecule has 0 aromatic rings. The summed E-state index contributed by atoms with van der Waals surface area (Å²) in [6.45, 7) is 7.19. The topological polar surface area (TPSA) is 20.3 Å². The van der Waals surface area contributed by atoms with Crippen molar-refractivity contribution in [3.8, 4) is 0 Å². The summed E-state index contributed by atoms with van der Waals surface area (Å²) in [4.78, 5) is 13.7. The van der Waals surface area contributed by atoms with Crippen LogP contribution in [0.5, 0.6) is 0 Å². The van der Waals surface area contributed by atoms with Gasteiger partial charge in [0.25, 0.3) is 0 Å². The molecule has 0 spiro atoms. The maximum absolute atomic E-state index is 11.7. The molecule has 1 rings (SSSR count). The van der Waals surface area contributed by atoms with Crippen LogP contribution in [0.3, 0.4) is 0 Å². The lowest BCUT2D eigenvalue weighted by Gasteiger charge is -2.27. The van der Waals surface area contributed by atoms with Gasteiger partial charge in [-0.25, -0.2) is 0 Å². The third-order valence-electron chi connectivity index (χ3n) is 2.67. The minimum Gasteiger partial charge on any atom is -0.340 e. The van der Waals surface area contributed by atoms with Gasteiger partial charge in [-0.2, -0.15) is 0 Å². The molecule has 2 heteroatoms. The molecule has 0 heterocycles. The number of hydrogen-bond donors (Lipinski definition) is 0. The minimum atomic E-state index is 0.374. The first-order valence-electron chi connectivity index (χ1n) is 5.01. The summed E-state index contributed by atoms with van der Waals surface area (Å²) in [7, 11) is 0. The van der Waals surface area contributed by atoms with Crippen LogP contribution in [0.2, 0.25) is 0 Å². The molecule has 0 saturated heterocycles. The summed E-state index contributed by atoms with van der Waals surface area (Å²) < 4.78 is 0. The molecule has 0 bridgehead atoms. The molecule has 1 saturated carbocycles. The van der Waals surface area contributed by atoms with Crippen LogP contribution in [0.15, 0.2) is 0 Å². The minimum absolute atomic E-state index is 0.374. The van der Waals surface area contributed by atoms with E-state index in [9.17, 15) is 4.79 Å². The third kappa shape index (κ3) is 1.99. The summed E-state index contributed by atoms with van der Waals surface area (Å²) in [5.41, 5.74) is 0. The first-order valence-corrected chi connectivity index (χ1v) is 5.01. The van der Waals surface area contributed by atoms with E-state index in [2.05, 4.69) is 20.8 Å². The number of carbonyl (C=O) groups excluding carboxylic acids is 1. The molecule has 1 aliphatic carbocycles. The monoisotopic (exact) mass is 169 g/mol. The maximum Gasteiger partial charge on any atom is 0.225 e. The van der Waals surface area contributed by atoms with Crippen LogP contribution in [-0.4, -0.2) is 23.4 Å². The molecule has 0 aromatic carbocycles. The molecule has 70 valence electrons. The Labute approximate surface area is 74.9 Å². The van der Waals surface area contributed by atoms with Crippen LogP contribution in [0.25, 0.3) is 0 Å². The second-order valence-corrected chi connectivity index (χ2v) is 3.66. The Kier molecular flexibility index (Phi) is 3.12. The number of hydrogen-bond acceptors (Lipinski definition) is 1. The van der Waals surface area contributed by atoms with Crippen LogP contribution >= 0.6 is 0 Å². The molecule has 1 amide bonds. The average molecular weight is 169 g/mol. The Morgan fingerprint density at radius 1 is 1.50 bits per heavy atom. The van der Waals surface area contributed by atoms with Gasteiger partial charge in [0.15, 0.2) is 0 Å². The summed E-state index contributed by atoms with van der Waals surface area (Å²) >= 11 is 0. The van der Waals surface area contributed by atoms with Gasteiger partial charge in [0, 0.05) is 18.5 Å². The highest BCUT2D eigenvalue weighted by molar-refractivity contribution is 5.81. The molecular weight excluding hydrogens is 150 g/mol. The smallest absolute Gasteiger partial charge is 0.225 e. The fourth-order valence-corrected chi connectivity index (χ4v) is 1.47. The molecule has 0 N–H and O–H groups in total. The van der Waals surface area contributed by atoms with Crippen LogP contribution in [0.1, 0.15) is 40.0 Å². The van der Waals surface area contributed by atoms with Crippen LogP contribution in [-0.2, 0) is 4.79 Å². The third-order valence-corrected chi connectivity index (χ3v) is 2.67. The second-order valence-electron chi connectivity index (χ2n) is 3.66. The fraction of sp³-hybridized carbons (Fsp3) is 0.900. The Hall–Kier alpha value is -0.530. The SMILES string of the molecule is CCC(C)N(CC)C(=O)C1CC1. The molecule has 0 aromatic heterocycles. The highest BCUT2D eigenvalue weighted by Gasteiger charge is 2.33. The Bertz CT molecular complexity index is 163. The molecular formula is C10H19NO.